The summed E-state index contributed by atoms with van der Waals surface area (Å²) in [7, 11) is 3.70. The van der Waals surface area contributed by atoms with Crippen molar-refractivity contribution in [2.24, 2.45) is 0 Å². The maximum absolute atomic E-state index is 12.1. The molecule has 0 saturated heterocycles. The second-order valence-corrected chi connectivity index (χ2v) is 5.70. The van der Waals surface area contributed by atoms with Gasteiger partial charge >= 0.3 is 0 Å². The van der Waals surface area contributed by atoms with Gasteiger partial charge in [0.15, 0.2) is 0 Å². The van der Waals surface area contributed by atoms with Crippen molar-refractivity contribution in [1.82, 2.24) is 9.97 Å². The van der Waals surface area contributed by atoms with E-state index in [1.807, 2.05) is 52.2 Å². The first kappa shape index (κ1) is 13.7. The van der Waals surface area contributed by atoms with Gasteiger partial charge in [0.2, 0.25) is 5.95 Å². The van der Waals surface area contributed by atoms with Crippen LogP contribution in [0, 0.1) is 13.8 Å². The molecule has 0 saturated carbocycles. The fraction of sp³-hybridized carbons (Fsp3) is 0.286. The molecule has 0 atom stereocenters. The van der Waals surface area contributed by atoms with E-state index in [2.05, 4.69) is 9.97 Å². The van der Waals surface area contributed by atoms with Gasteiger partial charge in [0.05, 0.1) is 10.6 Å². The smallest absolute Gasteiger partial charge is 0.266 e. The first-order valence-corrected chi connectivity index (χ1v) is 6.82. The minimum Gasteiger partial charge on any atom is -0.348 e. The molecule has 0 amide bonds. The summed E-state index contributed by atoms with van der Waals surface area (Å²) < 4.78 is 0. The Morgan fingerprint density at radius 3 is 2.32 bits per heavy atom. The van der Waals surface area contributed by atoms with Crippen molar-refractivity contribution in [1.29, 1.82) is 0 Å². The topological polar surface area (TPSA) is 49.0 Å². The number of aromatic amines is 1. The number of nitrogens with one attached hydrogen (secondary N) is 1. The molecule has 0 aliphatic rings. The zero-order chi connectivity index (χ0) is 14.0. The predicted octanol–water partition coefficient (Wildman–Crippen LogP) is 2.60. The van der Waals surface area contributed by atoms with Gasteiger partial charge in [-0.3, -0.25) is 9.78 Å². The van der Waals surface area contributed by atoms with E-state index in [4.69, 9.17) is 0 Å². The monoisotopic (exact) mass is 275 g/mol. The Hall–Kier alpha value is -1.75. The van der Waals surface area contributed by atoms with E-state index >= 15 is 0 Å². The highest BCUT2D eigenvalue weighted by Gasteiger charge is 2.10. The van der Waals surface area contributed by atoms with Gasteiger partial charge < -0.3 is 4.90 Å². The third-order valence-electron chi connectivity index (χ3n) is 2.70. The predicted molar refractivity (Wildman–Crippen MR) is 79.2 cm³/mol. The number of aryl methyl sites for hydroxylation is 2. The molecule has 2 aromatic rings. The molecule has 0 radical (unpaired) electrons. The minimum atomic E-state index is -0.0956. The molecule has 1 aromatic carbocycles. The van der Waals surface area contributed by atoms with Crippen molar-refractivity contribution in [2.75, 3.05) is 19.0 Å². The molecule has 1 N–H and O–H groups in total. The Labute approximate surface area is 116 Å². The lowest BCUT2D eigenvalue weighted by molar-refractivity contribution is 0.918. The number of hydrogen-bond acceptors (Lipinski definition) is 4. The number of H-pyrrole nitrogens is 1. The van der Waals surface area contributed by atoms with Gasteiger partial charge in [0.25, 0.3) is 5.56 Å². The van der Waals surface area contributed by atoms with Crippen molar-refractivity contribution in [2.45, 2.75) is 23.6 Å². The largest absolute Gasteiger partial charge is 0.348 e. The second kappa shape index (κ2) is 5.48. The molecule has 0 unspecified atom stereocenters. The zero-order valence-corrected chi connectivity index (χ0v) is 12.3. The Bertz CT molecular complexity index is 632. The molecule has 0 aliphatic carbocycles. The molecule has 4 nitrogen and oxygen atoms in total. The minimum absolute atomic E-state index is 0.0956. The van der Waals surface area contributed by atoms with Gasteiger partial charge in [-0.2, -0.15) is 0 Å². The summed E-state index contributed by atoms with van der Waals surface area (Å²) in [6.07, 6.45) is 0. The third kappa shape index (κ3) is 3.17. The SMILES string of the molecule is Cc1ccc(Sc2c(C)nc(N(C)C)[nH]c2=O)cc1. The maximum Gasteiger partial charge on any atom is 0.266 e. The quantitative estimate of drug-likeness (QED) is 0.935. The van der Waals surface area contributed by atoms with Gasteiger partial charge in [-0.1, -0.05) is 29.5 Å². The van der Waals surface area contributed by atoms with E-state index in [1.54, 1.807) is 4.90 Å². The van der Waals surface area contributed by atoms with E-state index in [9.17, 15) is 4.79 Å². The second-order valence-electron chi connectivity index (χ2n) is 4.61. The van der Waals surface area contributed by atoms with Crippen molar-refractivity contribution in [3.8, 4) is 0 Å². The van der Waals surface area contributed by atoms with E-state index in [-0.39, 0.29) is 5.56 Å². The average molecular weight is 275 g/mol. The van der Waals surface area contributed by atoms with E-state index < -0.39 is 0 Å². The molecular weight excluding hydrogens is 258 g/mol. The Morgan fingerprint density at radius 1 is 1.16 bits per heavy atom. The fourth-order valence-corrected chi connectivity index (χ4v) is 2.46. The van der Waals surface area contributed by atoms with Crippen LogP contribution >= 0.6 is 11.8 Å². The van der Waals surface area contributed by atoms with Crippen LogP contribution in [0.1, 0.15) is 11.3 Å². The van der Waals surface area contributed by atoms with E-state index in [1.165, 1.54) is 17.3 Å². The lowest BCUT2D eigenvalue weighted by Gasteiger charge is -2.12. The summed E-state index contributed by atoms with van der Waals surface area (Å²) in [6, 6.07) is 8.10. The lowest BCUT2D eigenvalue weighted by atomic mass is 10.2. The molecule has 19 heavy (non-hydrogen) atoms. The van der Waals surface area contributed by atoms with Crippen LogP contribution in [0.4, 0.5) is 5.95 Å². The first-order chi connectivity index (χ1) is 8.97. The van der Waals surface area contributed by atoms with Crippen molar-refractivity contribution < 1.29 is 0 Å². The van der Waals surface area contributed by atoms with Crippen LogP contribution in [0.25, 0.3) is 0 Å². The number of rotatable bonds is 3. The molecule has 0 fully saturated rings. The maximum atomic E-state index is 12.1. The molecule has 5 heteroatoms. The lowest BCUT2D eigenvalue weighted by Crippen LogP contribution is -2.20. The Morgan fingerprint density at radius 2 is 1.79 bits per heavy atom. The highest BCUT2D eigenvalue weighted by Crippen LogP contribution is 2.27. The van der Waals surface area contributed by atoms with Crippen LogP contribution in [0.15, 0.2) is 38.9 Å². The summed E-state index contributed by atoms with van der Waals surface area (Å²) in [5.41, 5.74) is 1.86. The summed E-state index contributed by atoms with van der Waals surface area (Å²) in [6.45, 7) is 3.90. The highest BCUT2D eigenvalue weighted by atomic mass is 32.2. The normalized spacial score (nSPS) is 10.5. The van der Waals surface area contributed by atoms with E-state index in [0.29, 0.717) is 10.8 Å². The summed E-state index contributed by atoms with van der Waals surface area (Å²) >= 11 is 1.45. The van der Waals surface area contributed by atoms with Crippen molar-refractivity contribution in [3.63, 3.8) is 0 Å². The van der Waals surface area contributed by atoms with Crippen LogP contribution in [0.3, 0.4) is 0 Å². The molecule has 100 valence electrons. The Balaban J connectivity index is 2.35. The third-order valence-corrected chi connectivity index (χ3v) is 3.89. The molecular formula is C14H17N3OS. The molecule has 0 spiro atoms. The number of anilines is 1. The van der Waals surface area contributed by atoms with Crippen LogP contribution < -0.4 is 10.5 Å². The number of hydrogen-bond donors (Lipinski definition) is 1. The van der Waals surface area contributed by atoms with Crippen molar-refractivity contribution in [3.05, 3.63) is 45.9 Å². The molecule has 0 bridgehead atoms. The highest BCUT2D eigenvalue weighted by molar-refractivity contribution is 7.99. The van der Waals surface area contributed by atoms with Gasteiger partial charge in [-0.25, -0.2) is 4.98 Å². The fourth-order valence-electron chi connectivity index (χ4n) is 1.62. The zero-order valence-electron chi connectivity index (χ0n) is 11.5. The number of nitrogens with zero attached hydrogens (tertiary/aromatic N) is 2. The molecule has 2 rings (SSSR count). The van der Waals surface area contributed by atoms with Crippen LogP contribution in [0.5, 0.6) is 0 Å². The molecule has 1 aromatic heterocycles. The van der Waals surface area contributed by atoms with E-state index in [0.717, 1.165) is 10.6 Å². The van der Waals surface area contributed by atoms with Crippen LogP contribution in [-0.4, -0.2) is 24.1 Å². The van der Waals surface area contributed by atoms with Gasteiger partial charge in [0, 0.05) is 19.0 Å². The van der Waals surface area contributed by atoms with Gasteiger partial charge in [0.1, 0.15) is 0 Å². The summed E-state index contributed by atoms with van der Waals surface area (Å²) in [4.78, 5) is 22.8. The van der Waals surface area contributed by atoms with Gasteiger partial charge in [-0.15, -0.1) is 0 Å². The molecule has 1 heterocycles. The van der Waals surface area contributed by atoms with Gasteiger partial charge in [-0.05, 0) is 26.0 Å². The number of aromatic nitrogens is 2. The van der Waals surface area contributed by atoms with Crippen LogP contribution in [-0.2, 0) is 0 Å². The standard InChI is InChI=1S/C14H17N3OS/c1-9-5-7-11(8-6-9)19-12-10(2)15-14(17(3)4)16-13(12)18/h5-8H,1-4H3,(H,15,16,18). The number of benzene rings is 1. The molecule has 0 aliphatic heterocycles. The van der Waals surface area contributed by atoms with Crippen molar-refractivity contribution >= 4 is 17.7 Å². The summed E-state index contributed by atoms with van der Waals surface area (Å²) in [5, 5.41) is 0. The van der Waals surface area contributed by atoms with Crippen LogP contribution in [0.2, 0.25) is 0 Å². The average Bonchev–Trinajstić information content (AvgIpc) is 2.35. The first-order valence-electron chi connectivity index (χ1n) is 6.00. The Kier molecular flexibility index (Phi) is 3.95. The summed E-state index contributed by atoms with van der Waals surface area (Å²) in [5.74, 6) is 0.579.